The molecule has 1 unspecified atom stereocenters. The van der Waals surface area contributed by atoms with Gasteiger partial charge in [0.15, 0.2) is 0 Å². The van der Waals surface area contributed by atoms with Gasteiger partial charge in [0, 0.05) is 0 Å². The van der Waals surface area contributed by atoms with Gasteiger partial charge in [-0.3, -0.25) is 4.79 Å². The van der Waals surface area contributed by atoms with Crippen LogP contribution in [-0.2, 0) is 4.79 Å². The molecule has 0 saturated heterocycles. The second kappa shape index (κ2) is 5.21. The lowest BCUT2D eigenvalue weighted by atomic mass is 9.85. The zero-order valence-corrected chi connectivity index (χ0v) is 11.1. The molecule has 3 heteroatoms. The third kappa shape index (κ3) is 2.78. The Morgan fingerprint density at radius 3 is 2.24 bits per heavy atom. The summed E-state index contributed by atoms with van der Waals surface area (Å²) in [4.78, 5) is 11.3. The van der Waals surface area contributed by atoms with Crippen LogP contribution in [0.25, 0.3) is 0 Å². The molecule has 0 radical (unpaired) electrons. The van der Waals surface area contributed by atoms with Gasteiger partial charge in [0.25, 0.3) is 0 Å². The molecule has 3 nitrogen and oxygen atoms in total. The zero-order valence-electron chi connectivity index (χ0n) is 11.1. The number of benzene rings is 1. The Morgan fingerprint density at radius 2 is 1.82 bits per heavy atom. The molecule has 1 N–H and O–H groups in total. The molecule has 0 fully saturated rings. The van der Waals surface area contributed by atoms with Crippen molar-refractivity contribution in [2.24, 2.45) is 5.92 Å². The fourth-order valence-electron chi connectivity index (χ4n) is 2.14. The van der Waals surface area contributed by atoms with Crippen molar-refractivity contribution >= 4 is 5.97 Å². The van der Waals surface area contributed by atoms with Crippen molar-refractivity contribution in [1.82, 2.24) is 0 Å². The van der Waals surface area contributed by atoms with Gasteiger partial charge in [-0.15, -0.1) is 0 Å². The van der Waals surface area contributed by atoms with Crippen molar-refractivity contribution in [3.8, 4) is 5.75 Å². The number of carboxylic acid groups (broad SMARTS) is 1. The lowest BCUT2D eigenvalue weighted by Crippen LogP contribution is -2.18. The Balaban J connectivity index is 3.30. The fourth-order valence-corrected chi connectivity index (χ4v) is 2.14. The maximum atomic E-state index is 11.3. The molecule has 0 aliphatic heterocycles. The predicted octanol–water partition coefficient (Wildman–Crippen LogP) is 3.14. The van der Waals surface area contributed by atoms with E-state index in [1.54, 1.807) is 7.11 Å². The number of hydrogen-bond acceptors (Lipinski definition) is 2. The Labute approximate surface area is 102 Å². The topological polar surface area (TPSA) is 46.5 Å². The smallest absolute Gasteiger partial charge is 0.311 e. The fraction of sp³-hybridized carbons (Fsp3) is 0.500. The molecule has 94 valence electrons. The van der Waals surface area contributed by atoms with Gasteiger partial charge in [0.2, 0.25) is 0 Å². The summed E-state index contributed by atoms with van der Waals surface area (Å²) in [5.74, 6) is -0.356. The molecule has 0 heterocycles. The number of aliphatic carboxylic acids is 1. The molecule has 1 atom stereocenters. The van der Waals surface area contributed by atoms with Crippen LogP contribution in [0.3, 0.4) is 0 Å². The second-order valence-corrected chi connectivity index (χ2v) is 4.74. The highest BCUT2D eigenvalue weighted by Crippen LogP contribution is 2.31. The van der Waals surface area contributed by atoms with Gasteiger partial charge < -0.3 is 9.84 Å². The Morgan fingerprint density at radius 1 is 1.24 bits per heavy atom. The molecule has 1 aromatic rings. The molecular weight excluding hydrogens is 216 g/mol. The maximum Gasteiger partial charge on any atom is 0.311 e. The molecule has 0 aromatic heterocycles. The van der Waals surface area contributed by atoms with Gasteiger partial charge in [-0.1, -0.05) is 19.9 Å². The van der Waals surface area contributed by atoms with E-state index in [0.29, 0.717) is 0 Å². The highest BCUT2D eigenvalue weighted by Gasteiger charge is 2.25. The monoisotopic (exact) mass is 236 g/mol. The molecule has 1 rings (SSSR count). The molecule has 0 saturated carbocycles. The van der Waals surface area contributed by atoms with Crippen LogP contribution < -0.4 is 4.74 Å². The van der Waals surface area contributed by atoms with E-state index in [4.69, 9.17) is 4.74 Å². The third-order valence-electron chi connectivity index (χ3n) is 3.05. The molecule has 0 aliphatic carbocycles. The van der Waals surface area contributed by atoms with Crippen LogP contribution in [0.2, 0.25) is 0 Å². The second-order valence-electron chi connectivity index (χ2n) is 4.74. The normalized spacial score (nSPS) is 12.6. The number of ether oxygens (including phenoxy) is 1. The Bertz CT molecular complexity index is 422. The highest BCUT2D eigenvalue weighted by molar-refractivity contribution is 5.77. The first-order valence-electron chi connectivity index (χ1n) is 5.76. The molecule has 0 bridgehead atoms. The summed E-state index contributed by atoms with van der Waals surface area (Å²) in [6, 6.07) is 3.83. The van der Waals surface area contributed by atoms with Gasteiger partial charge in [-0.25, -0.2) is 0 Å². The molecule has 0 amide bonds. The van der Waals surface area contributed by atoms with E-state index in [-0.39, 0.29) is 5.92 Å². The van der Waals surface area contributed by atoms with E-state index in [0.717, 1.165) is 22.4 Å². The quantitative estimate of drug-likeness (QED) is 0.873. The van der Waals surface area contributed by atoms with Crippen LogP contribution in [0.5, 0.6) is 5.75 Å². The number of aryl methyl sites for hydroxylation is 2. The largest absolute Gasteiger partial charge is 0.496 e. The van der Waals surface area contributed by atoms with Gasteiger partial charge in [-0.05, 0) is 42.5 Å². The van der Waals surface area contributed by atoms with Crippen LogP contribution in [0.4, 0.5) is 0 Å². The van der Waals surface area contributed by atoms with Crippen LogP contribution in [0.1, 0.15) is 36.5 Å². The summed E-state index contributed by atoms with van der Waals surface area (Å²) in [7, 11) is 1.62. The minimum Gasteiger partial charge on any atom is -0.496 e. The first kappa shape index (κ1) is 13.6. The number of carboxylic acids is 1. The van der Waals surface area contributed by atoms with Crippen LogP contribution in [-0.4, -0.2) is 18.2 Å². The van der Waals surface area contributed by atoms with E-state index >= 15 is 0 Å². The van der Waals surface area contributed by atoms with Gasteiger partial charge in [0.05, 0.1) is 13.0 Å². The molecule has 17 heavy (non-hydrogen) atoms. The zero-order chi connectivity index (χ0) is 13.2. The predicted molar refractivity (Wildman–Crippen MR) is 67.7 cm³/mol. The van der Waals surface area contributed by atoms with Crippen molar-refractivity contribution < 1.29 is 14.6 Å². The molecular formula is C14H20O3. The van der Waals surface area contributed by atoms with Gasteiger partial charge in [-0.2, -0.15) is 0 Å². The standard InChI is InChI=1S/C14H20O3/c1-8(2)13(14(15)16)11-6-10(4)12(17-5)7-9(11)3/h6-8,13H,1-5H3,(H,15,16). The summed E-state index contributed by atoms with van der Waals surface area (Å²) in [5.41, 5.74) is 2.82. The highest BCUT2D eigenvalue weighted by atomic mass is 16.5. The Kier molecular flexibility index (Phi) is 4.16. The lowest BCUT2D eigenvalue weighted by Gasteiger charge is -2.20. The minimum absolute atomic E-state index is 0.0685. The summed E-state index contributed by atoms with van der Waals surface area (Å²) < 4.78 is 5.23. The number of rotatable bonds is 4. The molecule has 0 aliphatic rings. The first-order chi connectivity index (χ1) is 7.88. The van der Waals surface area contributed by atoms with E-state index in [2.05, 4.69) is 0 Å². The number of carbonyl (C=O) groups is 1. The summed E-state index contributed by atoms with van der Waals surface area (Å²) in [6.07, 6.45) is 0. The van der Waals surface area contributed by atoms with Crippen LogP contribution >= 0.6 is 0 Å². The van der Waals surface area contributed by atoms with Gasteiger partial charge >= 0.3 is 5.97 Å². The Hall–Kier alpha value is -1.51. The maximum absolute atomic E-state index is 11.3. The van der Waals surface area contributed by atoms with Crippen molar-refractivity contribution in [1.29, 1.82) is 0 Å². The van der Waals surface area contributed by atoms with Crippen molar-refractivity contribution in [3.05, 3.63) is 28.8 Å². The van der Waals surface area contributed by atoms with E-state index < -0.39 is 11.9 Å². The third-order valence-corrected chi connectivity index (χ3v) is 3.05. The number of hydrogen-bond donors (Lipinski definition) is 1. The summed E-state index contributed by atoms with van der Waals surface area (Å²) >= 11 is 0. The average Bonchev–Trinajstić information content (AvgIpc) is 2.21. The van der Waals surface area contributed by atoms with E-state index in [1.807, 2.05) is 39.8 Å². The van der Waals surface area contributed by atoms with Crippen molar-refractivity contribution in [2.45, 2.75) is 33.6 Å². The van der Waals surface area contributed by atoms with Crippen molar-refractivity contribution in [3.63, 3.8) is 0 Å². The lowest BCUT2D eigenvalue weighted by molar-refractivity contribution is -0.139. The summed E-state index contributed by atoms with van der Waals surface area (Å²) in [5, 5.41) is 9.31. The summed E-state index contributed by atoms with van der Waals surface area (Å²) in [6.45, 7) is 7.71. The van der Waals surface area contributed by atoms with Crippen LogP contribution in [0.15, 0.2) is 12.1 Å². The molecule has 0 spiro atoms. The van der Waals surface area contributed by atoms with Crippen LogP contribution in [0, 0.1) is 19.8 Å². The molecule has 1 aromatic carbocycles. The SMILES string of the molecule is COc1cc(C)c(C(C(=O)O)C(C)C)cc1C. The minimum atomic E-state index is -0.771. The number of methoxy groups -OCH3 is 1. The van der Waals surface area contributed by atoms with E-state index in [1.165, 1.54) is 0 Å². The van der Waals surface area contributed by atoms with E-state index in [9.17, 15) is 9.90 Å². The first-order valence-corrected chi connectivity index (χ1v) is 5.76. The van der Waals surface area contributed by atoms with Crippen molar-refractivity contribution in [2.75, 3.05) is 7.11 Å². The van der Waals surface area contributed by atoms with Gasteiger partial charge in [0.1, 0.15) is 5.75 Å². The average molecular weight is 236 g/mol.